The maximum Gasteiger partial charge on any atom is 0.191 e. The van der Waals surface area contributed by atoms with Crippen LogP contribution in [0.2, 0.25) is 0 Å². The Labute approximate surface area is 201 Å². The molecule has 0 amide bonds. The number of imidazole rings is 1. The Hall–Kier alpha value is -2.42. The fourth-order valence-electron chi connectivity index (χ4n) is 3.30. The second-order valence-corrected chi connectivity index (χ2v) is 7.95. The second-order valence-electron chi connectivity index (χ2n) is 7.95. The Bertz CT molecular complexity index is 969. The lowest BCUT2D eigenvalue weighted by Crippen LogP contribution is -2.43. The standard InChI is InChI=1S/C24H30FN5.HI/c1-24(2,20-10-7-11-21(25)16-20)18-29-23(26-3)28-17-22-27-13-15-30(22)14-12-19-8-5-4-6-9-19;/h4-11,13,15-16H,12,14,17-18H2,1-3H3,(H2,26,28,29);1H. The summed E-state index contributed by atoms with van der Waals surface area (Å²) in [5, 5.41) is 6.67. The number of aromatic nitrogens is 2. The van der Waals surface area contributed by atoms with Gasteiger partial charge in [-0.1, -0.05) is 56.3 Å². The van der Waals surface area contributed by atoms with Crippen LogP contribution in [0.15, 0.2) is 72.0 Å². The van der Waals surface area contributed by atoms with Crippen molar-refractivity contribution in [3.05, 3.63) is 89.8 Å². The molecule has 0 radical (unpaired) electrons. The summed E-state index contributed by atoms with van der Waals surface area (Å²) in [6.45, 7) is 6.23. The average molecular weight is 535 g/mol. The monoisotopic (exact) mass is 535 g/mol. The van der Waals surface area contributed by atoms with Gasteiger partial charge in [0.25, 0.3) is 0 Å². The number of nitrogens with one attached hydrogen (secondary N) is 2. The first-order valence-electron chi connectivity index (χ1n) is 10.2. The Morgan fingerprint density at radius 3 is 2.58 bits per heavy atom. The number of aryl methyl sites for hydroxylation is 2. The zero-order chi connectivity index (χ0) is 21.4. The largest absolute Gasteiger partial charge is 0.356 e. The maximum atomic E-state index is 13.6. The number of hydrogen-bond acceptors (Lipinski definition) is 2. The number of halogens is 2. The van der Waals surface area contributed by atoms with Crippen molar-refractivity contribution in [2.45, 2.75) is 38.8 Å². The third-order valence-corrected chi connectivity index (χ3v) is 5.23. The van der Waals surface area contributed by atoms with Gasteiger partial charge in [-0.25, -0.2) is 9.37 Å². The zero-order valence-corrected chi connectivity index (χ0v) is 20.6. The summed E-state index contributed by atoms with van der Waals surface area (Å²) in [5.74, 6) is 1.43. The van der Waals surface area contributed by atoms with Crippen LogP contribution in [-0.4, -0.2) is 29.1 Å². The van der Waals surface area contributed by atoms with Crippen LogP contribution < -0.4 is 10.6 Å². The quantitative estimate of drug-likeness (QED) is 0.253. The fourth-order valence-corrected chi connectivity index (χ4v) is 3.30. The minimum atomic E-state index is -0.242. The van der Waals surface area contributed by atoms with E-state index >= 15 is 0 Å². The molecule has 1 aromatic heterocycles. The molecule has 166 valence electrons. The van der Waals surface area contributed by atoms with E-state index in [9.17, 15) is 4.39 Å². The summed E-state index contributed by atoms with van der Waals surface area (Å²) in [5.41, 5.74) is 2.01. The fraction of sp³-hybridized carbons (Fsp3) is 0.333. The van der Waals surface area contributed by atoms with Crippen LogP contribution in [0.4, 0.5) is 4.39 Å². The van der Waals surface area contributed by atoms with Crippen molar-refractivity contribution in [2.24, 2.45) is 4.99 Å². The molecule has 0 atom stereocenters. The van der Waals surface area contributed by atoms with Gasteiger partial charge in [-0.15, -0.1) is 24.0 Å². The van der Waals surface area contributed by atoms with Gasteiger partial charge in [0.05, 0.1) is 6.54 Å². The topological polar surface area (TPSA) is 54.2 Å². The summed E-state index contributed by atoms with van der Waals surface area (Å²) in [6.07, 6.45) is 4.79. The third-order valence-electron chi connectivity index (χ3n) is 5.23. The summed E-state index contributed by atoms with van der Waals surface area (Å²) in [4.78, 5) is 8.79. The van der Waals surface area contributed by atoms with Crippen LogP contribution in [-0.2, 0) is 24.9 Å². The van der Waals surface area contributed by atoms with Crippen molar-refractivity contribution in [2.75, 3.05) is 13.6 Å². The van der Waals surface area contributed by atoms with Crippen LogP contribution in [0.3, 0.4) is 0 Å². The molecule has 2 N–H and O–H groups in total. The van der Waals surface area contributed by atoms with E-state index in [4.69, 9.17) is 0 Å². The van der Waals surface area contributed by atoms with Gasteiger partial charge in [0, 0.05) is 37.9 Å². The van der Waals surface area contributed by atoms with E-state index in [1.807, 2.05) is 24.5 Å². The molecule has 0 aliphatic heterocycles. The molecule has 0 bridgehead atoms. The smallest absolute Gasteiger partial charge is 0.191 e. The minimum Gasteiger partial charge on any atom is -0.356 e. The molecule has 31 heavy (non-hydrogen) atoms. The first-order chi connectivity index (χ1) is 14.5. The van der Waals surface area contributed by atoms with Crippen molar-refractivity contribution in [3.63, 3.8) is 0 Å². The highest BCUT2D eigenvalue weighted by molar-refractivity contribution is 14.0. The van der Waals surface area contributed by atoms with E-state index < -0.39 is 0 Å². The van der Waals surface area contributed by atoms with Gasteiger partial charge in [0.2, 0.25) is 0 Å². The van der Waals surface area contributed by atoms with Gasteiger partial charge >= 0.3 is 0 Å². The molecule has 0 unspecified atom stereocenters. The van der Waals surface area contributed by atoms with Crippen LogP contribution in [0.5, 0.6) is 0 Å². The van der Waals surface area contributed by atoms with Gasteiger partial charge in [0.15, 0.2) is 5.96 Å². The molecule has 3 aromatic rings. The molecule has 0 aliphatic carbocycles. The van der Waals surface area contributed by atoms with E-state index in [-0.39, 0.29) is 35.2 Å². The predicted octanol–water partition coefficient (Wildman–Crippen LogP) is 4.53. The Morgan fingerprint density at radius 2 is 1.87 bits per heavy atom. The third kappa shape index (κ3) is 7.34. The van der Waals surface area contributed by atoms with Gasteiger partial charge in [-0.3, -0.25) is 4.99 Å². The maximum absolute atomic E-state index is 13.6. The van der Waals surface area contributed by atoms with E-state index in [2.05, 4.69) is 63.3 Å². The van der Waals surface area contributed by atoms with Crippen LogP contribution in [0.25, 0.3) is 0 Å². The molecule has 0 fully saturated rings. The second kappa shape index (κ2) is 11.8. The summed E-state index contributed by atoms with van der Waals surface area (Å²) in [7, 11) is 1.74. The lowest BCUT2D eigenvalue weighted by Gasteiger charge is -2.26. The highest BCUT2D eigenvalue weighted by Crippen LogP contribution is 2.22. The van der Waals surface area contributed by atoms with Crippen molar-refractivity contribution in [1.82, 2.24) is 20.2 Å². The van der Waals surface area contributed by atoms with Gasteiger partial charge in [0.1, 0.15) is 11.6 Å². The van der Waals surface area contributed by atoms with Crippen molar-refractivity contribution in [1.29, 1.82) is 0 Å². The first kappa shape index (κ1) is 24.8. The van der Waals surface area contributed by atoms with Gasteiger partial charge < -0.3 is 15.2 Å². The molecule has 7 heteroatoms. The number of hydrogen-bond donors (Lipinski definition) is 2. The lowest BCUT2D eigenvalue weighted by molar-refractivity contribution is 0.502. The van der Waals surface area contributed by atoms with Gasteiger partial charge in [-0.2, -0.15) is 0 Å². The number of guanidine groups is 1. The molecule has 5 nitrogen and oxygen atoms in total. The van der Waals surface area contributed by atoms with Crippen LogP contribution >= 0.6 is 24.0 Å². The molecular weight excluding hydrogens is 504 g/mol. The highest BCUT2D eigenvalue weighted by atomic mass is 127. The molecular formula is C24H31FIN5. The zero-order valence-electron chi connectivity index (χ0n) is 18.3. The summed E-state index contributed by atoms with van der Waals surface area (Å²) in [6, 6.07) is 17.2. The first-order valence-corrected chi connectivity index (χ1v) is 10.2. The highest BCUT2D eigenvalue weighted by Gasteiger charge is 2.21. The molecule has 1 heterocycles. The molecule has 3 rings (SSSR count). The molecule has 0 aliphatic rings. The van der Waals surface area contributed by atoms with E-state index in [1.54, 1.807) is 19.2 Å². The lowest BCUT2D eigenvalue weighted by atomic mass is 9.84. The average Bonchev–Trinajstić information content (AvgIpc) is 3.20. The van der Waals surface area contributed by atoms with Crippen LogP contribution in [0, 0.1) is 5.82 Å². The molecule has 2 aromatic carbocycles. The Kier molecular flexibility index (Phi) is 9.48. The molecule has 0 spiro atoms. The number of aliphatic imine (C=N–C) groups is 1. The van der Waals surface area contributed by atoms with Gasteiger partial charge in [-0.05, 0) is 29.7 Å². The number of nitrogens with zero attached hydrogens (tertiary/aromatic N) is 3. The van der Waals surface area contributed by atoms with Crippen molar-refractivity contribution in [3.8, 4) is 0 Å². The predicted molar refractivity (Wildman–Crippen MR) is 135 cm³/mol. The Balaban J connectivity index is 0.00000341. The van der Waals surface area contributed by atoms with Crippen molar-refractivity contribution < 1.29 is 4.39 Å². The van der Waals surface area contributed by atoms with E-state index in [0.717, 1.165) is 24.4 Å². The number of rotatable bonds is 8. The molecule has 0 saturated carbocycles. The minimum absolute atomic E-state index is 0. The molecule has 0 saturated heterocycles. The van der Waals surface area contributed by atoms with Crippen LogP contribution in [0.1, 0.15) is 30.8 Å². The van der Waals surface area contributed by atoms with Crippen molar-refractivity contribution >= 4 is 29.9 Å². The summed E-state index contributed by atoms with van der Waals surface area (Å²) >= 11 is 0. The normalized spacial score (nSPS) is 11.7. The number of benzene rings is 2. The SMILES string of the molecule is CN=C(NCc1nccn1CCc1ccccc1)NCC(C)(C)c1cccc(F)c1.I. The Morgan fingerprint density at radius 1 is 1.10 bits per heavy atom. The van der Waals surface area contributed by atoms with E-state index in [1.165, 1.54) is 11.6 Å². The van der Waals surface area contributed by atoms with E-state index in [0.29, 0.717) is 19.0 Å². The summed E-state index contributed by atoms with van der Waals surface area (Å²) < 4.78 is 15.7.